The number of fused-ring (bicyclic) bond motifs is 1. The van der Waals surface area contributed by atoms with Gasteiger partial charge < -0.3 is 5.11 Å². The number of benzene rings is 1. The Kier molecular flexibility index (Phi) is 2.93. The van der Waals surface area contributed by atoms with E-state index in [2.05, 4.69) is 17.0 Å². The van der Waals surface area contributed by atoms with Crippen LogP contribution in [-0.4, -0.2) is 29.1 Å². The van der Waals surface area contributed by atoms with E-state index in [1.54, 1.807) is 0 Å². The van der Waals surface area contributed by atoms with Crippen molar-refractivity contribution in [2.75, 3.05) is 13.1 Å². The lowest BCUT2D eigenvalue weighted by Gasteiger charge is -2.46. The molecule has 2 aliphatic heterocycles. The lowest BCUT2D eigenvalue weighted by atomic mass is 9.80. The number of piperidine rings is 2. The van der Waals surface area contributed by atoms with Crippen molar-refractivity contribution < 1.29 is 5.11 Å². The van der Waals surface area contributed by atoms with Gasteiger partial charge in [-0.1, -0.05) is 36.8 Å². The first kappa shape index (κ1) is 11.2. The third kappa shape index (κ3) is 2.12. The molecule has 2 saturated heterocycles. The molecule has 92 valence electrons. The largest absolute Gasteiger partial charge is 0.384 e. The van der Waals surface area contributed by atoms with Crippen LogP contribution >= 0.6 is 0 Å². The van der Waals surface area contributed by atoms with Crippen LogP contribution in [0, 0.1) is 0 Å². The van der Waals surface area contributed by atoms with Gasteiger partial charge in [-0.3, -0.25) is 4.90 Å². The minimum atomic E-state index is -0.616. The molecule has 0 aromatic heterocycles. The van der Waals surface area contributed by atoms with Crippen molar-refractivity contribution in [3.05, 3.63) is 35.9 Å². The lowest BCUT2D eigenvalue weighted by molar-refractivity contribution is -0.0661. The van der Waals surface area contributed by atoms with Crippen LogP contribution in [0.3, 0.4) is 0 Å². The average molecular weight is 231 g/mol. The Labute approximate surface area is 103 Å². The van der Waals surface area contributed by atoms with Gasteiger partial charge in [0.1, 0.15) is 5.60 Å². The first-order valence-corrected chi connectivity index (χ1v) is 6.80. The standard InChI is InChI=1S/C15H21NO/c17-15(13-6-2-1-3-7-13)10-9-14-8-4-5-11-16(14)12-15/h1-3,6-7,14,17H,4-5,8-12H2/t14-,15-/m0/s1. The molecule has 2 heterocycles. The zero-order valence-electron chi connectivity index (χ0n) is 10.3. The van der Waals surface area contributed by atoms with Crippen LogP contribution < -0.4 is 0 Å². The van der Waals surface area contributed by atoms with Gasteiger partial charge in [0.2, 0.25) is 0 Å². The Morgan fingerprint density at radius 2 is 1.94 bits per heavy atom. The fraction of sp³-hybridized carbons (Fsp3) is 0.600. The second-order valence-corrected chi connectivity index (χ2v) is 5.56. The highest BCUT2D eigenvalue weighted by atomic mass is 16.3. The molecule has 2 aliphatic rings. The first-order valence-electron chi connectivity index (χ1n) is 6.80. The number of hydrogen-bond acceptors (Lipinski definition) is 2. The van der Waals surface area contributed by atoms with Gasteiger partial charge in [0.15, 0.2) is 0 Å². The molecule has 1 aromatic rings. The summed E-state index contributed by atoms with van der Waals surface area (Å²) < 4.78 is 0. The number of nitrogens with zero attached hydrogens (tertiary/aromatic N) is 1. The van der Waals surface area contributed by atoms with Crippen LogP contribution in [0.15, 0.2) is 30.3 Å². The summed E-state index contributed by atoms with van der Waals surface area (Å²) in [4.78, 5) is 2.50. The van der Waals surface area contributed by atoms with E-state index < -0.39 is 5.60 Å². The monoisotopic (exact) mass is 231 g/mol. The molecule has 1 N–H and O–H groups in total. The molecule has 0 radical (unpaired) electrons. The van der Waals surface area contributed by atoms with Crippen LogP contribution in [0.2, 0.25) is 0 Å². The molecule has 0 unspecified atom stereocenters. The Balaban J connectivity index is 1.80. The van der Waals surface area contributed by atoms with E-state index in [0.29, 0.717) is 0 Å². The Morgan fingerprint density at radius 1 is 1.12 bits per heavy atom. The van der Waals surface area contributed by atoms with Gasteiger partial charge in [0.05, 0.1) is 0 Å². The van der Waals surface area contributed by atoms with E-state index in [1.165, 1.54) is 25.8 Å². The second-order valence-electron chi connectivity index (χ2n) is 5.56. The maximum Gasteiger partial charge on any atom is 0.102 e. The molecular weight excluding hydrogens is 210 g/mol. The fourth-order valence-corrected chi connectivity index (χ4v) is 3.40. The molecule has 0 amide bonds. The highest BCUT2D eigenvalue weighted by molar-refractivity contribution is 5.23. The summed E-state index contributed by atoms with van der Waals surface area (Å²) in [5, 5.41) is 10.8. The minimum absolute atomic E-state index is 0.616. The smallest absolute Gasteiger partial charge is 0.102 e. The van der Waals surface area contributed by atoms with Gasteiger partial charge >= 0.3 is 0 Å². The first-order chi connectivity index (χ1) is 8.28. The van der Waals surface area contributed by atoms with Crippen molar-refractivity contribution in [1.29, 1.82) is 0 Å². The maximum absolute atomic E-state index is 10.8. The van der Waals surface area contributed by atoms with E-state index in [0.717, 1.165) is 31.0 Å². The zero-order chi connectivity index (χ0) is 11.7. The van der Waals surface area contributed by atoms with Crippen LogP contribution in [-0.2, 0) is 5.60 Å². The van der Waals surface area contributed by atoms with Gasteiger partial charge in [0.25, 0.3) is 0 Å². The van der Waals surface area contributed by atoms with E-state index in [4.69, 9.17) is 0 Å². The molecule has 0 bridgehead atoms. The molecule has 2 fully saturated rings. The quantitative estimate of drug-likeness (QED) is 0.803. The number of rotatable bonds is 1. The second kappa shape index (κ2) is 4.43. The molecule has 3 rings (SSSR count). The molecule has 17 heavy (non-hydrogen) atoms. The van der Waals surface area contributed by atoms with Crippen LogP contribution in [0.25, 0.3) is 0 Å². The van der Waals surface area contributed by atoms with E-state index in [9.17, 15) is 5.11 Å². The highest BCUT2D eigenvalue weighted by Gasteiger charge is 2.39. The maximum atomic E-state index is 10.8. The Bertz CT molecular complexity index is 378. The Hall–Kier alpha value is -0.860. The van der Waals surface area contributed by atoms with Crippen LogP contribution in [0.4, 0.5) is 0 Å². The summed E-state index contributed by atoms with van der Waals surface area (Å²) in [6.45, 7) is 1.99. The van der Waals surface area contributed by atoms with E-state index >= 15 is 0 Å². The predicted octanol–water partition coefficient (Wildman–Crippen LogP) is 2.52. The van der Waals surface area contributed by atoms with Crippen molar-refractivity contribution in [1.82, 2.24) is 4.90 Å². The molecule has 0 spiro atoms. The third-order valence-electron chi connectivity index (χ3n) is 4.42. The van der Waals surface area contributed by atoms with Crippen molar-refractivity contribution in [3.8, 4) is 0 Å². The summed E-state index contributed by atoms with van der Waals surface area (Å²) in [6, 6.07) is 10.9. The third-order valence-corrected chi connectivity index (χ3v) is 4.42. The molecule has 0 aliphatic carbocycles. The highest BCUT2D eigenvalue weighted by Crippen LogP contribution is 2.37. The van der Waals surface area contributed by atoms with E-state index in [-0.39, 0.29) is 0 Å². The summed E-state index contributed by atoms with van der Waals surface area (Å²) in [6.07, 6.45) is 6.04. The molecule has 0 saturated carbocycles. The molecule has 2 heteroatoms. The van der Waals surface area contributed by atoms with Crippen molar-refractivity contribution in [3.63, 3.8) is 0 Å². The lowest BCUT2D eigenvalue weighted by Crippen LogP contribution is -2.52. The van der Waals surface area contributed by atoms with Gasteiger partial charge in [-0.05, 0) is 37.8 Å². The summed E-state index contributed by atoms with van der Waals surface area (Å²) in [7, 11) is 0. The van der Waals surface area contributed by atoms with Gasteiger partial charge in [-0.15, -0.1) is 0 Å². The van der Waals surface area contributed by atoms with E-state index in [1.807, 2.05) is 18.2 Å². The van der Waals surface area contributed by atoms with Crippen LogP contribution in [0.1, 0.15) is 37.7 Å². The summed E-state index contributed by atoms with van der Waals surface area (Å²) >= 11 is 0. The minimum Gasteiger partial charge on any atom is -0.384 e. The summed E-state index contributed by atoms with van der Waals surface area (Å²) in [5.74, 6) is 0. The molecule has 2 nitrogen and oxygen atoms in total. The fourth-order valence-electron chi connectivity index (χ4n) is 3.40. The van der Waals surface area contributed by atoms with Crippen LogP contribution in [0.5, 0.6) is 0 Å². The normalized spacial score (nSPS) is 34.3. The summed E-state index contributed by atoms with van der Waals surface area (Å²) in [5.41, 5.74) is 0.471. The van der Waals surface area contributed by atoms with Gasteiger partial charge in [-0.25, -0.2) is 0 Å². The number of aliphatic hydroxyl groups is 1. The predicted molar refractivity (Wildman–Crippen MR) is 68.8 cm³/mol. The molecular formula is C15H21NO. The SMILES string of the molecule is O[C@@]1(c2ccccc2)CC[C@@H]2CCCCN2C1. The van der Waals surface area contributed by atoms with Crippen molar-refractivity contribution in [2.24, 2.45) is 0 Å². The average Bonchev–Trinajstić information content (AvgIpc) is 2.40. The Morgan fingerprint density at radius 3 is 2.76 bits per heavy atom. The number of hydrogen-bond donors (Lipinski definition) is 1. The van der Waals surface area contributed by atoms with Gasteiger partial charge in [0, 0.05) is 12.6 Å². The van der Waals surface area contributed by atoms with Gasteiger partial charge in [-0.2, -0.15) is 0 Å². The molecule has 2 atom stereocenters. The molecule has 1 aromatic carbocycles. The van der Waals surface area contributed by atoms with Crippen molar-refractivity contribution in [2.45, 2.75) is 43.7 Å². The topological polar surface area (TPSA) is 23.5 Å². The van der Waals surface area contributed by atoms with Crippen molar-refractivity contribution >= 4 is 0 Å². The zero-order valence-corrected chi connectivity index (χ0v) is 10.3.